The van der Waals surface area contributed by atoms with E-state index in [0.717, 1.165) is 0 Å². The number of para-hydroxylation sites is 1. The minimum absolute atomic E-state index is 0.180. The first-order valence-electron chi connectivity index (χ1n) is 5.98. The number of ether oxygens (including phenoxy) is 1. The number of thiocarbonyl (C=S) groups is 1. The molecule has 1 aliphatic rings. The van der Waals surface area contributed by atoms with Crippen LogP contribution in [0.25, 0.3) is 0 Å². The van der Waals surface area contributed by atoms with Gasteiger partial charge in [-0.1, -0.05) is 18.2 Å². The van der Waals surface area contributed by atoms with Crippen molar-refractivity contribution >= 4 is 34.9 Å². The van der Waals surface area contributed by atoms with Crippen molar-refractivity contribution in [2.45, 2.75) is 6.92 Å². The van der Waals surface area contributed by atoms with Gasteiger partial charge >= 0.3 is 5.97 Å². The summed E-state index contributed by atoms with van der Waals surface area (Å²) in [5.74, 6) is -1.73. The van der Waals surface area contributed by atoms with Crippen LogP contribution < -0.4 is 10.2 Å². The maximum Gasteiger partial charge on any atom is 0.320 e. The van der Waals surface area contributed by atoms with Crippen LogP contribution >= 0.6 is 12.2 Å². The quantitative estimate of drug-likeness (QED) is 0.509. The van der Waals surface area contributed by atoms with Gasteiger partial charge < -0.3 is 10.1 Å². The number of rotatable bonds is 3. The monoisotopic (exact) mass is 278 g/mol. The summed E-state index contributed by atoms with van der Waals surface area (Å²) >= 11 is 5.13. The Bertz CT molecular complexity index is 504. The van der Waals surface area contributed by atoms with Gasteiger partial charge in [-0.15, -0.1) is 0 Å². The Morgan fingerprint density at radius 2 is 2.16 bits per heavy atom. The zero-order valence-corrected chi connectivity index (χ0v) is 11.3. The number of nitrogens with one attached hydrogen (secondary N) is 1. The minimum Gasteiger partial charge on any atom is -0.465 e. The van der Waals surface area contributed by atoms with Crippen molar-refractivity contribution in [3.63, 3.8) is 0 Å². The number of amides is 1. The van der Waals surface area contributed by atoms with Crippen molar-refractivity contribution in [3.8, 4) is 0 Å². The van der Waals surface area contributed by atoms with Gasteiger partial charge in [0.1, 0.15) is 0 Å². The lowest BCUT2D eigenvalue weighted by molar-refractivity contribution is -0.151. The maximum atomic E-state index is 12.4. The molecule has 1 N–H and O–H groups in total. The Morgan fingerprint density at radius 3 is 2.79 bits per heavy atom. The lowest BCUT2D eigenvalue weighted by Crippen LogP contribution is -2.57. The third-order valence-corrected chi connectivity index (χ3v) is 3.09. The Balaban J connectivity index is 2.25. The largest absolute Gasteiger partial charge is 0.465 e. The second-order valence-corrected chi connectivity index (χ2v) is 4.39. The number of hydrogen-bond donors (Lipinski definition) is 1. The molecule has 1 aromatic carbocycles. The number of carbonyl (C=O) groups is 2. The Hall–Kier alpha value is -1.95. The first-order valence-corrected chi connectivity index (χ1v) is 6.39. The lowest BCUT2D eigenvalue weighted by Gasteiger charge is -2.32. The van der Waals surface area contributed by atoms with Crippen LogP contribution in [0.15, 0.2) is 30.3 Å². The number of benzene rings is 1. The number of hydrogen-bond acceptors (Lipinski definition) is 4. The van der Waals surface area contributed by atoms with Crippen molar-refractivity contribution in [3.05, 3.63) is 30.3 Å². The molecule has 0 aliphatic carbocycles. The maximum absolute atomic E-state index is 12.4. The van der Waals surface area contributed by atoms with Gasteiger partial charge in [-0.05, 0) is 31.3 Å². The summed E-state index contributed by atoms with van der Waals surface area (Å²) in [5, 5.41) is 3.19. The fourth-order valence-corrected chi connectivity index (χ4v) is 2.14. The molecule has 19 heavy (non-hydrogen) atoms. The zero-order valence-electron chi connectivity index (χ0n) is 10.5. The molecule has 1 heterocycles. The van der Waals surface area contributed by atoms with Gasteiger partial charge in [0, 0.05) is 6.54 Å². The van der Waals surface area contributed by atoms with Crippen LogP contribution in [0.1, 0.15) is 6.92 Å². The van der Waals surface area contributed by atoms with E-state index in [0.29, 0.717) is 10.8 Å². The highest BCUT2D eigenvalue weighted by Gasteiger charge is 2.38. The van der Waals surface area contributed by atoms with Crippen LogP contribution in [0, 0.1) is 5.92 Å². The molecule has 1 amide bonds. The van der Waals surface area contributed by atoms with Gasteiger partial charge in [0.05, 0.1) is 12.3 Å². The molecule has 100 valence electrons. The molecule has 0 spiro atoms. The van der Waals surface area contributed by atoms with E-state index in [4.69, 9.17) is 17.0 Å². The van der Waals surface area contributed by atoms with E-state index in [2.05, 4.69) is 5.32 Å². The molecule has 2 rings (SSSR count). The highest BCUT2D eigenvalue weighted by atomic mass is 32.1. The molecule has 1 atom stereocenters. The van der Waals surface area contributed by atoms with Crippen molar-refractivity contribution in [1.29, 1.82) is 0 Å². The van der Waals surface area contributed by atoms with E-state index >= 15 is 0 Å². The van der Waals surface area contributed by atoms with E-state index < -0.39 is 11.9 Å². The van der Waals surface area contributed by atoms with Crippen LogP contribution in [0.4, 0.5) is 5.69 Å². The number of anilines is 1. The molecule has 0 radical (unpaired) electrons. The van der Waals surface area contributed by atoms with Gasteiger partial charge in [0.2, 0.25) is 5.91 Å². The summed E-state index contributed by atoms with van der Waals surface area (Å²) in [6.07, 6.45) is 0. The number of carbonyl (C=O) groups excluding carboxylic acids is 2. The second-order valence-electron chi connectivity index (χ2n) is 4.00. The van der Waals surface area contributed by atoms with E-state index in [1.54, 1.807) is 31.2 Å². The Morgan fingerprint density at radius 1 is 1.47 bits per heavy atom. The molecule has 0 bridgehead atoms. The Kier molecular flexibility index (Phi) is 4.11. The SMILES string of the molecule is CCOC(=O)C1CNC(=S)N(c2ccccc2)C1=O. The van der Waals surface area contributed by atoms with Crippen molar-refractivity contribution in [2.24, 2.45) is 5.92 Å². The number of esters is 1. The highest BCUT2D eigenvalue weighted by molar-refractivity contribution is 7.80. The van der Waals surface area contributed by atoms with Crippen molar-refractivity contribution in [2.75, 3.05) is 18.1 Å². The lowest BCUT2D eigenvalue weighted by atomic mass is 10.1. The second kappa shape index (κ2) is 5.79. The summed E-state index contributed by atoms with van der Waals surface area (Å²) in [5.41, 5.74) is 0.638. The van der Waals surface area contributed by atoms with Gasteiger partial charge in [-0.25, -0.2) is 0 Å². The third kappa shape index (κ3) is 2.73. The minimum atomic E-state index is -0.855. The molecule has 0 saturated carbocycles. The van der Waals surface area contributed by atoms with Crippen molar-refractivity contribution < 1.29 is 14.3 Å². The average Bonchev–Trinajstić information content (AvgIpc) is 2.40. The molecule has 1 saturated heterocycles. The topological polar surface area (TPSA) is 58.6 Å². The van der Waals surface area contributed by atoms with Crippen LogP contribution in [0.3, 0.4) is 0 Å². The summed E-state index contributed by atoms with van der Waals surface area (Å²) in [6, 6.07) is 8.98. The zero-order chi connectivity index (χ0) is 13.8. The Labute approximate surface area is 116 Å². The molecule has 6 heteroatoms. The van der Waals surface area contributed by atoms with Crippen LogP contribution in [0.5, 0.6) is 0 Å². The summed E-state index contributed by atoms with van der Waals surface area (Å²) in [6.45, 7) is 2.14. The molecule has 1 unspecified atom stereocenters. The standard InChI is InChI=1S/C13H14N2O3S/c1-2-18-12(17)10-8-14-13(19)15(11(10)16)9-6-4-3-5-7-9/h3-7,10H,2,8H2,1H3,(H,14,19). The summed E-state index contributed by atoms with van der Waals surface area (Å²) in [4.78, 5) is 25.4. The fourth-order valence-electron chi connectivity index (χ4n) is 1.86. The van der Waals surface area contributed by atoms with Crippen LogP contribution in [-0.2, 0) is 14.3 Å². The smallest absolute Gasteiger partial charge is 0.320 e. The first-order chi connectivity index (χ1) is 9.15. The third-order valence-electron chi connectivity index (χ3n) is 2.76. The van der Waals surface area contributed by atoms with Gasteiger partial charge in [-0.2, -0.15) is 0 Å². The van der Waals surface area contributed by atoms with Crippen LogP contribution in [-0.4, -0.2) is 30.1 Å². The van der Waals surface area contributed by atoms with E-state index in [1.807, 2.05) is 6.07 Å². The molecule has 5 nitrogen and oxygen atoms in total. The normalized spacial score (nSPS) is 19.0. The van der Waals surface area contributed by atoms with Gasteiger partial charge in [-0.3, -0.25) is 14.5 Å². The predicted octanol–water partition coefficient (Wildman–Crippen LogP) is 1.09. The summed E-state index contributed by atoms with van der Waals surface area (Å²) < 4.78 is 4.90. The molecular formula is C13H14N2O3S. The molecule has 0 aromatic heterocycles. The molecule has 1 fully saturated rings. The average molecular weight is 278 g/mol. The van der Waals surface area contributed by atoms with Gasteiger partial charge in [0.25, 0.3) is 0 Å². The van der Waals surface area contributed by atoms with E-state index in [9.17, 15) is 9.59 Å². The van der Waals surface area contributed by atoms with Crippen molar-refractivity contribution in [1.82, 2.24) is 5.32 Å². The van der Waals surface area contributed by atoms with E-state index in [-0.39, 0.29) is 19.1 Å². The molecule has 1 aromatic rings. The molecular weight excluding hydrogens is 264 g/mol. The van der Waals surface area contributed by atoms with Crippen LogP contribution in [0.2, 0.25) is 0 Å². The fraction of sp³-hybridized carbons (Fsp3) is 0.308. The highest BCUT2D eigenvalue weighted by Crippen LogP contribution is 2.20. The summed E-state index contributed by atoms with van der Waals surface area (Å²) in [7, 11) is 0. The predicted molar refractivity (Wildman–Crippen MR) is 74.7 cm³/mol. The first kappa shape index (κ1) is 13.5. The van der Waals surface area contributed by atoms with E-state index in [1.165, 1.54) is 4.90 Å². The van der Waals surface area contributed by atoms with Gasteiger partial charge in [0.15, 0.2) is 11.0 Å². The number of nitrogens with zero attached hydrogens (tertiary/aromatic N) is 1. The molecule has 1 aliphatic heterocycles.